The van der Waals surface area contributed by atoms with Crippen LogP contribution in [0.1, 0.15) is 5.56 Å². The van der Waals surface area contributed by atoms with Crippen LogP contribution < -0.4 is 4.84 Å². The maximum absolute atomic E-state index is 5.51. The predicted octanol–water partition coefficient (Wildman–Crippen LogP) is -0.175. The summed E-state index contributed by atoms with van der Waals surface area (Å²) in [7, 11) is 2.15. The maximum atomic E-state index is 5.51. The van der Waals surface area contributed by atoms with Crippen LogP contribution in [0.4, 0.5) is 0 Å². The lowest BCUT2D eigenvalue weighted by Crippen LogP contribution is -2.46. The quantitative estimate of drug-likeness (QED) is 0.693. The van der Waals surface area contributed by atoms with E-state index in [4.69, 9.17) is 4.84 Å². The average molecular weight is 210 g/mol. The van der Waals surface area contributed by atoms with E-state index in [0.717, 1.165) is 31.7 Å². The van der Waals surface area contributed by atoms with Gasteiger partial charge in [-0.25, -0.2) is 0 Å². The summed E-state index contributed by atoms with van der Waals surface area (Å²) >= 11 is 0. The van der Waals surface area contributed by atoms with Crippen molar-refractivity contribution >= 4 is 0 Å². The fourth-order valence-electron chi connectivity index (χ4n) is 1.58. The molecule has 1 fully saturated rings. The lowest BCUT2D eigenvalue weighted by Gasteiger charge is -2.31. The Kier molecular flexibility index (Phi) is 3.23. The second-order valence-electron chi connectivity index (χ2n) is 4.10. The van der Waals surface area contributed by atoms with Gasteiger partial charge in [-0.05, 0) is 19.5 Å². The first kappa shape index (κ1) is 10.4. The Bertz CT molecular complexity index is 304. The maximum Gasteiger partial charge on any atom is 0.170 e. The van der Waals surface area contributed by atoms with Crippen molar-refractivity contribution in [2.45, 2.75) is 6.92 Å². The molecule has 1 aliphatic rings. The van der Waals surface area contributed by atoms with E-state index in [1.165, 1.54) is 4.85 Å². The minimum absolute atomic E-state index is 0.620. The van der Waals surface area contributed by atoms with Crippen LogP contribution in [-0.4, -0.2) is 59.7 Å². The standard InChI is InChI=1S/C10H18N4O/c1-10-7-11-14(8-10)15-9-13-5-3-12(2)4-6-13/h7-8H,3-6,9H2,1-2H3. The van der Waals surface area contributed by atoms with Gasteiger partial charge < -0.3 is 9.74 Å². The van der Waals surface area contributed by atoms with Gasteiger partial charge in [0, 0.05) is 26.2 Å². The van der Waals surface area contributed by atoms with Crippen LogP contribution >= 0.6 is 0 Å². The van der Waals surface area contributed by atoms with E-state index in [-0.39, 0.29) is 0 Å². The molecule has 0 aromatic carbocycles. The third-order valence-corrected chi connectivity index (χ3v) is 2.66. The van der Waals surface area contributed by atoms with Crippen LogP contribution in [0.5, 0.6) is 0 Å². The summed E-state index contributed by atoms with van der Waals surface area (Å²) in [4.78, 5) is 11.7. The van der Waals surface area contributed by atoms with Crippen molar-refractivity contribution in [3.8, 4) is 0 Å². The van der Waals surface area contributed by atoms with E-state index in [2.05, 4.69) is 21.9 Å². The van der Waals surface area contributed by atoms with E-state index in [1.807, 2.05) is 13.1 Å². The van der Waals surface area contributed by atoms with Crippen LogP contribution in [0.15, 0.2) is 12.4 Å². The zero-order chi connectivity index (χ0) is 10.7. The van der Waals surface area contributed by atoms with Crippen molar-refractivity contribution in [2.24, 2.45) is 0 Å². The molecule has 0 unspecified atom stereocenters. The summed E-state index contributed by atoms with van der Waals surface area (Å²) in [6.07, 6.45) is 3.68. The summed E-state index contributed by atoms with van der Waals surface area (Å²) in [6.45, 7) is 6.98. The van der Waals surface area contributed by atoms with E-state index in [9.17, 15) is 0 Å². The molecule has 15 heavy (non-hydrogen) atoms. The molecule has 0 spiro atoms. The Morgan fingerprint density at radius 2 is 2.07 bits per heavy atom. The average Bonchev–Trinajstić information content (AvgIpc) is 2.64. The summed E-state index contributed by atoms with van der Waals surface area (Å²) < 4.78 is 0. The van der Waals surface area contributed by atoms with Crippen molar-refractivity contribution in [3.05, 3.63) is 18.0 Å². The third kappa shape index (κ3) is 2.94. The summed E-state index contributed by atoms with van der Waals surface area (Å²) in [6, 6.07) is 0. The van der Waals surface area contributed by atoms with Crippen LogP contribution in [-0.2, 0) is 0 Å². The van der Waals surface area contributed by atoms with Gasteiger partial charge in [-0.2, -0.15) is 0 Å². The number of likely N-dealkylation sites (N-methyl/N-ethyl adjacent to an activating group) is 1. The molecule has 2 rings (SSSR count). The molecule has 5 heteroatoms. The Hall–Kier alpha value is -1.07. The molecule has 0 saturated carbocycles. The highest BCUT2D eigenvalue weighted by Gasteiger charge is 2.13. The molecule has 1 aromatic rings. The van der Waals surface area contributed by atoms with Gasteiger partial charge in [-0.3, -0.25) is 4.90 Å². The van der Waals surface area contributed by atoms with E-state index >= 15 is 0 Å². The van der Waals surface area contributed by atoms with Crippen molar-refractivity contribution in [1.29, 1.82) is 0 Å². The predicted molar refractivity (Wildman–Crippen MR) is 57.5 cm³/mol. The van der Waals surface area contributed by atoms with Crippen LogP contribution in [0.25, 0.3) is 0 Å². The van der Waals surface area contributed by atoms with Crippen molar-refractivity contribution in [3.63, 3.8) is 0 Å². The van der Waals surface area contributed by atoms with Gasteiger partial charge in [0.15, 0.2) is 6.73 Å². The SMILES string of the molecule is Cc1cnn(OCN2CCN(C)CC2)c1. The molecule has 0 radical (unpaired) electrons. The highest BCUT2D eigenvalue weighted by atomic mass is 16.7. The van der Waals surface area contributed by atoms with Crippen molar-refractivity contribution in [1.82, 2.24) is 19.7 Å². The van der Waals surface area contributed by atoms with Crippen molar-refractivity contribution < 1.29 is 4.84 Å². The highest BCUT2D eigenvalue weighted by molar-refractivity contribution is 4.98. The van der Waals surface area contributed by atoms with Gasteiger partial charge >= 0.3 is 0 Å². The number of nitrogens with zero attached hydrogens (tertiary/aromatic N) is 4. The topological polar surface area (TPSA) is 33.5 Å². The molecule has 2 heterocycles. The summed E-state index contributed by atoms with van der Waals surface area (Å²) in [5.74, 6) is 0. The van der Waals surface area contributed by atoms with Gasteiger partial charge in [0.1, 0.15) is 0 Å². The Balaban J connectivity index is 1.74. The highest BCUT2D eigenvalue weighted by Crippen LogP contribution is 1.98. The van der Waals surface area contributed by atoms with Crippen LogP contribution in [0.3, 0.4) is 0 Å². The molecule has 5 nitrogen and oxygen atoms in total. The molecule has 1 saturated heterocycles. The lowest BCUT2D eigenvalue weighted by molar-refractivity contribution is -0.0164. The van der Waals surface area contributed by atoms with Gasteiger partial charge in [-0.1, -0.05) is 0 Å². The molecule has 0 N–H and O–H groups in total. The van der Waals surface area contributed by atoms with Gasteiger partial charge in [0.05, 0.1) is 12.4 Å². The molecular formula is C10H18N4O. The first-order valence-corrected chi connectivity index (χ1v) is 5.29. The first-order valence-electron chi connectivity index (χ1n) is 5.29. The summed E-state index contributed by atoms with van der Waals surface area (Å²) in [5.41, 5.74) is 1.12. The third-order valence-electron chi connectivity index (χ3n) is 2.66. The van der Waals surface area contributed by atoms with Crippen LogP contribution in [0, 0.1) is 6.92 Å². The van der Waals surface area contributed by atoms with E-state index in [1.54, 1.807) is 6.20 Å². The Morgan fingerprint density at radius 3 is 2.67 bits per heavy atom. The largest absolute Gasteiger partial charge is 0.381 e. The van der Waals surface area contributed by atoms with Gasteiger partial charge in [0.2, 0.25) is 0 Å². The zero-order valence-corrected chi connectivity index (χ0v) is 9.39. The van der Waals surface area contributed by atoms with Gasteiger partial charge in [-0.15, -0.1) is 9.94 Å². The van der Waals surface area contributed by atoms with E-state index in [0.29, 0.717) is 6.73 Å². The van der Waals surface area contributed by atoms with E-state index < -0.39 is 0 Å². The van der Waals surface area contributed by atoms with Gasteiger partial charge in [0.25, 0.3) is 0 Å². The number of hydrogen-bond acceptors (Lipinski definition) is 4. The zero-order valence-electron chi connectivity index (χ0n) is 9.39. The molecular weight excluding hydrogens is 192 g/mol. The molecule has 1 aromatic heterocycles. The number of piperazine rings is 1. The minimum Gasteiger partial charge on any atom is -0.381 e. The molecule has 84 valence electrons. The molecule has 0 amide bonds. The Labute approximate surface area is 90.2 Å². The normalized spacial score (nSPS) is 19.3. The molecule has 0 aliphatic carbocycles. The molecule has 1 aliphatic heterocycles. The first-order chi connectivity index (χ1) is 7.24. The minimum atomic E-state index is 0.620. The molecule has 0 bridgehead atoms. The van der Waals surface area contributed by atoms with Crippen molar-refractivity contribution in [2.75, 3.05) is 40.0 Å². The fourth-order valence-corrected chi connectivity index (χ4v) is 1.58. The summed E-state index contributed by atoms with van der Waals surface area (Å²) in [5, 5.41) is 4.07. The Morgan fingerprint density at radius 1 is 1.33 bits per heavy atom. The van der Waals surface area contributed by atoms with Crippen LogP contribution in [0.2, 0.25) is 0 Å². The molecule has 0 atom stereocenters. The fraction of sp³-hybridized carbons (Fsp3) is 0.700. The second kappa shape index (κ2) is 4.63. The number of aromatic nitrogens is 2. The smallest absolute Gasteiger partial charge is 0.170 e. The lowest BCUT2D eigenvalue weighted by atomic mass is 10.3. The number of rotatable bonds is 3. The monoisotopic (exact) mass is 210 g/mol. The number of hydrogen-bond donors (Lipinski definition) is 0. The second-order valence-corrected chi connectivity index (χ2v) is 4.10. The number of aryl methyl sites for hydroxylation is 1.